The number of carbonyl (C=O) groups excluding carboxylic acids is 1. The van der Waals surface area contributed by atoms with Gasteiger partial charge in [0.1, 0.15) is 0 Å². The number of carbonyl (C=O) groups is 1. The van der Waals surface area contributed by atoms with Crippen LogP contribution in [0, 0.1) is 5.92 Å². The molecule has 20 heavy (non-hydrogen) atoms. The highest BCUT2D eigenvalue weighted by Crippen LogP contribution is 2.25. The molecule has 1 aliphatic heterocycles. The van der Waals surface area contributed by atoms with E-state index in [0.717, 1.165) is 31.1 Å². The molecule has 1 fully saturated rings. The molecule has 0 aromatic heterocycles. The summed E-state index contributed by atoms with van der Waals surface area (Å²) in [5, 5.41) is 0. The third-order valence-corrected chi connectivity index (χ3v) is 4.20. The zero-order valence-corrected chi connectivity index (χ0v) is 12.5. The van der Waals surface area contributed by atoms with E-state index >= 15 is 0 Å². The molecule has 2 unspecified atom stereocenters. The minimum Gasteiger partial charge on any atom is -0.469 e. The van der Waals surface area contributed by atoms with Gasteiger partial charge in [0.2, 0.25) is 0 Å². The standard InChI is InChI=1S/C17H25NO2/c1-3-7-14-10-11-18(12-14)13-16(17(19)20-2)15-8-5-4-6-9-15/h4-6,8-9,14,16H,3,7,10-13H2,1-2H3. The van der Waals surface area contributed by atoms with Crippen LogP contribution in [0.25, 0.3) is 0 Å². The second-order valence-electron chi connectivity index (χ2n) is 5.69. The van der Waals surface area contributed by atoms with Crippen molar-refractivity contribution in [3.8, 4) is 0 Å². The molecule has 2 atom stereocenters. The highest BCUT2D eigenvalue weighted by Gasteiger charge is 2.28. The molecule has 0 amide bonds. The predicted octanol–water partition coefficient (Wildman–Crippen LogP) is 3.07. The molecular formula is C17H25NO2. The van der Waals surface area contributed by atoms with Gasteiger partial charge in [-0.15, -0.1) is 0 Å². The highest BCUT2D eigenvalue weighted by atomic mass is 16.5. The normalized spacial score (nSPS) is 20.8. The van der Waals surface area contributed by atoms with Crippen molar-refractivity contribution in [1.29, 1.82) is 0 Å². The lowest BCUT2D eigenvalue weighted by Gasteiger charge is -2.22. The Labute approximate surface area is 121 Å². The maximum atomic E-state index is 12.1. The second-order valence-corrected chi connectivity index (χ2v) is 5.69. The van der Waals surface area contributed by atoms with Crippen molar-refractivity contribution < 1.29 is 9.53 Å². The van der Waals surface area contributed by atoms with Crippen LogP contribution in [-0.4, -0.2) is 37.6 Å². The van der Waals surface area contributed by atoms with E-state index in [9.17, 15) is 4.79 Å². The second kappa shape index (κ2) is 7.44. The Kier molecular flexibility index (Phi) is 5.60. The number of hydrogen-bond acceptors (Lipinski definition) is 3. The largest absolute Gasteiger partial charge is 0.469 e. The average Bonchev–Trinajstić information content (AvgIpc) is 2.93. The van der Waals surface area contributed by atoms with E-state index in [1.165, 1.54) is 26.4 Å². The molecule has 0 radical (unpaired) electrons. The fourth-order valence-electron chi connectivity index (χ4n) is 3.12. The third-order valence-electron chi connectivity index (χ3n) is 4.20. The number of nitrogens with zero attached hydrogens (tertiary/aromatic N) is 1. The van der Waals surface area contributed by atoms with Crippen LogP contribution in [0.5, 0.6) is 0 Å². The van der Waals surface area contributed by atoms with Gasteiger partial charge < -0.3 is 9.64 Å². The lowest BCUT2D eigenvalue weighted by molar-refractivity contribution is -0.142. The minimum atomic E-state index is -0.165. The number of methoxy groups -OCH3 is 1. The number of benzene rings is 1. The zero-order valence-electron chi connectivity index (χ0n) is 12.5. The van der Waals surface area contributed by atoms with E-state index in [4.69, 9.17) is 4.74 Å². The molecule has 3 heteroatoms. The molecule has 0 spiro atoms. The van der Waals surface area contributed by atoms with E-state index in [2.05, 4.69) is 11.8 Å². The third kappa shape index (κ3) is 3.83. The topological polar surface area (TPSA) is 29.5 Å². The molecule has 1 aromatic carbocycles. The molecule has 3 nitrogen and oxygen atoms in total. The van der Waals surface area contributed by atoms with Crippen LogP contribution < -0.4 is 0 Å². The molecule has 0 aliphatic carbocycles. The number of ether oxygens (including phenoxy) is 1. The quantitative estimate of drug-likeness (QED) is 0.747. The van der Waals surface area contributed by atoms with E-state index in [1.807, 2.05) is 30.3 Å². The Hall–Kier alpha value is -1.35. The fraction of sp³-hybridized carbons (Fsp3) is 0.588. The van der Waals surface area contributed by atoms with Crippen LogP contribution in [0.1, 0.15) is 37.7 Å². The summed E-state index contributed by atoms with van der Waals surface area (Å²) in [5.74, 6) is 0.505. The van der Waals surface area contributed by atoms with Gasteiger partial charge in [0, 0.05) is 13.1 Å². The van der Waals surface area contributed by atoms with Crippen LogP contribution in [0.4, 0.5) is 0 Å². The Morgan fingerprint density at radius 3 is 2.80 bits per heavy atom. The molecule has 110 valence electrons. The summed E-state index contributed by atoms with van der Waals surface area (Å²) < 4.78 is 4.99. The zero-order chi connectivity index (χ0) is 14.4. The predicted molar refractivity (Wildman–Crippen MR) is 80.7 cm³/mol. The van der Waals surface area contributed by atoms with Crippen LogP contribution in [-0.2, 0) is 9.53 Å². The van der Waals surface area contributed by atoms with Crippen molar-refractivity contribution in [2.75, 3.05) is 26.7 Å². The lowest BCUT2D eigenvalue weighted by atomic mass is 9.98. The van der Waals surface area contributed by atoms with Gasteiger partial charge in [-0.1, -0.05) is 43.7 Å². The maximum absolute atomic E-state index is 12.1. The van der Waals surface area contributed by atoms with Gasteiger partial charge in [0.15, 0.2) is 0 Å². The average molecular weight is 275 g/mol. The summed E-state index contributed by atoms with van der Waals surface area (Å²) in [6.07, 6.45) is 3.80. The summed E-state index contributed by atoms with van der Waals surface area (Å²) in [6, 6.07) is 9.97. The molecular weight excluding hydrogens is 250 g/mol. The Morgan fingerprint density at radius 2 is 2.15 bits per heavy atom. The Balaban J connectivity index is 2.01. The number of likely N-dealkylation sites (tertiary alicyclic amines) is 1. The summed E-state index contributed by atoms with van der Waals surface area (Å²) in [4.78, 5) is 14.5. The molecule has 1 aliphatic rings. The summed E-state index contributed by atoms with van der Waals surface area (Å²) in [6.45, 7) is 5.24. The first kappa shape index (κ1) is 15.0. The van der Waals surface area contributed by atoms with Gasteiger partial charge in [-0.2, -0.15) is 0 Å². The number of rotatable bonds is 6. The van der Waals surface area contributed by atoms with Gasteiger partial charge in [-0.25, -0.2) is 0 Å². The number of esters is 1. The molecule has 0 N–H and O–H groups in total. The minimum absolute atomic E-state index is 0.129. The maximum Gasteiger partial charge on any atom is 0.314 e. The first-order chi connectivity index (χ1) is 9.74. The lowest BCUT2D eigenvalue weighted by Crippen LogP contribution is -2.31. The Morgan fingerprint density at radius 1 is 1.40 bits per heavy atom. The van der Waals surface area contributed by atoms with Gasteiger partial charge in [0.25, 0.3) is 0 Å². The van der Waals surface area contributed by atoms with E-state index < -0.39 is 0 Å². The molecule has 1 saturated heterocycles. The monoisotopic (exact) mass is 275 g/mol. The summed E-state index contributed by atoms with van der Waals surface area (Å²) >= 11 is 0. The van der Waals surface area contributed by atoms with E-state index in [1.54, 1.807) is 0 Å². The van der Waals surface area contributed by atoms with Crippen molar-refractivity contribution in [1.82, 2.24) is 4.90 Å². The molecule has 1 aromatic rings. The van der Waals surface area contributed by atoms with Crippen molar-refractivity contribution in [2.45, 2.75) is 32.1 Å². The Bertz CT molecular complexity index is 418. The van der Waals surface area contributed by atoms with Crippen molar-refractivity contribution in [3.05, 3.63) is 35.9 Å². The molecule has 0 saturated carbocycles. The van der Waals surface area contributed by atoms with E-state index in [0.29, 0.717) is 0 Å². The highest BCUT2D eigenvalue weighted by molar-refractivity contribution is 5.78. The molecule has 2 rings (SSSR count). The smallest absolute Gasteiger partial charge is 0.314 e. The van der Waals surface area contributed by atoms with Gasteiger partial charge >= 0.3 is 5.97 Å². The van der Waals surface area contributed by atoms with E-state index in [-0.39, 0.29) is 11.9 Å². The fourth-order valence-corrected chi connectivity index (χ4v) is 3.12. The van der Waals surface area contributed by atoms with Crippen LogP contribution in [0.15, 0.2) is 30.3 Å². The molecule has 1 heterocycles. The van der Waals surface area contributed by atoms with Gasteiger partial charge in [-0.3, -0.25) is 4.79 Å². The van der Waals surface area contributed by atoms with Gasteiger partial charge in [0.05, 0.1) is 13.0 Å². The van der Waals surface area contributed by atoms with Crippen molar-refractivity contribution in [2.24, 2.45) is 5.92 Å². The van der Waals surface area contributed by atoms with Crippen LogP contribution in [0.3, 0.4) is 0 Å². The number of hydrogen-bond donors (Lipinski definition) is 0. The van der Waals surface area contributed by atoms with Crippen molar-refractivity contribution in [3.63, 3.8) is 0 Å². The van der Waals surface area contributed by atoms with Crippen molar-refractivity contribution >= 4 is 5.97 Å². The first-order valence-corrected chi connectivity index (χ1v) is 7.59. The SMILES string of the molecule is CCCC1CCN(CC(C(=O)OC)c2ccccc2)C1. The molecule has 0 bridgehead atoms. The van der Waals surface area contributed by atoms with Gasteiger partial charge in [-0.05, 0) is 30.9 Å². The first-order valence-electron chi connectivity index (χ1n) is 7.59. The summed E-state index contributed by atoms with van der Waals surface area (Å²) in [5.41, 5.74) is 1.05. The van der Waals surface area contributed by atoms with Crippen LogP contribution >= 0.6 is 0 Å². The van der Waals surface area contributed by atoms with Crippen LogP contribution in [0.2, 0.25) is 0 Å². The summed E-state index contributed by atoms with van der Waals surface area (Å²) in [7, 11) is 1.47.